The third-order valence-electron chi connectivity index (χ3n) is 7.73. The number of aromatic hydroxyl groups is 1. The summed E-state index contributed by atoms with van der Waals surface area (Å²) in [6.45, 7) is 4.10. The largest absolute Gasteiger partial charge is 0.633 e. The van der Waals surface area contributed by atoms with Crippen molar-refractivity contribution in [2.75, 3.05) is 38.6 Å². The number of hydroxylamine groups is 3. The predicted octanol–water partition coefficient (Wildman–Crippen LogP) is 6.10. The van der Waals surface area contributed by atoms with Gasteiger partial charge >= 0.3 is 0 Å². The maximum Gasteiger partial charge on any atom is 0.213 e. The summed E-state index contributed by atoms with van der Waals surface area (Å²) in [4.78, 5) is 11.8. The van der Waals surface area contributed by atoms with E-state index in [1.54, 1.807) is 13.2 Å². The summed E-state index contributed by atoms with van der Waals surface area (Å²) in [5.74, 6) is 0.724. The Labute approximate surface area is 227 Å². The highest BCUT2D eigenvalue weighted by molar-refractivity contribution is 6.31. The number of aromatic nitrogens is 2. The molecular weight excluding hydrogens is 502 g/mol. The van der Waals surface area contributed by atoms with Crippen LogP contribution >= 0.6 is 11.6 Å². The molecule has 0 atom stereocenters. The van der Waals surface area contributed by atoms with Crippen LogP contribution in [0, 0.1) is 5.21 Å². The molecule has 0 amide bonds. The number of rotatable bonds is 7. The summed E-state index contributed by atoms with van der Waals surface area (Å²) in [7, 11) is 1.59. The minimum absolute atomic E-state index is 0.235. The highest BCUT2D eigenvalue weighted by Crippen LogP contribution is 2.38. The highest BCUT2D eigenvalue weighted by Gasteiger charge is 2.26. The number of likely N-dealkylation sites (tertiary alicyclic amines) is 2. The van der Waals surface area contributed by atoms with Crippen molar-refractivity contribution in [3.05, 3.63) is 63.8 Å². The molecule has 9 heteroatoms. The van der Waals surface area contributed by atoms with Gasteiger partial charge < -0.3 is 25.0 Å². The maximum absolute atomic E-state index is 13.4. The molecule has 0 aliphatic carbocycles. The number of ether oxygens (including phenoxy) is 1. The van der Waals surface area contributed by atoms with Crippen LogP contribution in [-0.2, 0) is 13.1 Å². The molecule has 6 rings (SSSR count). The summed E-state index contributed by atoms with van der Waals surface area (Å²) < 4.78 is 5.12. The number of hydrogen-bond acceptors (Lipinski definition) is 7. The molecule has 8 nitrogen and oxygen atoms in total. The number of quaternary nitrogens is 1. The fourth-order valence-electron chi connectivity index (χ4n) is 5.79. The Balaban J connectivity index is 1.48. The van der Waals surface area contributed by atoms with Crippen LogP contribution in [0.25, 0.3) is 21.9 Å². The van der Waals surface area contributed by atoms with E-state index in [0.29, 0.717) is 47.1 Å². The molecule has 0 unspecified atom stereocenters. The van der Waals surface area contributed by atoms with Crippen LogP contribution < -0.4 is 10.1 Å². The number of benzene rings is 2. The molecule has 2 N–H and O–H groups in total. The molecule has 0 saturated carbocycles. The quantitative estimate of drug-likeness (QED) is 0.128. The van der Waals surface area contributed by atoms with Gasteiger partial charge in [0.15, 0.2) is 0 Å². The van der Waals surface area contributed by atoms with Crippen molar-refractivity contribution in [2.45, 2.75) is 38.8 Å². The van der Waals surface area contributed by atoms with E-state index in [4.69, 9.17) is 26.3 Å². The van der Waals surface area contributed by atoms with Gasteiger partial charge in [0, 0.05) is 47.1 Å². The number of pyridine rings is 2. The van der Waals surface area contributed by atoms with Crippen LogP contribution in [-0.4, -0.2) is 57.9 Å². The average molecular weight is 534 g/mol. The second kappa shape index (κ2) is 10.2. The fraction of sp³-hybridized carbons (Fsp3) is 0.379. The van der Waals surface area contributed by atoms with Gasteiger partial charge in [-0.2, -0.15) is 0 Å². The Morgan fingerprint density at radius 3 is 2.53 bits per heavy atom. The van der Waals surface area contributed by atoms with E-state index < -0.39 is 0 Å². The molecule has 198 valence electrons. The zero-order valence-electron chi connectivity index (χ0n) is 21.5. The Morgan fingerprint density at radius 2 is 1.76 bits per heavy atom. The predicted molar refractivity (Wildman–Crippen MR) is 151 cm³/mol. The molecule has 4 heterocycles. The van der Waals surface area contributed by atoms with E-state index in [9.17, 15) is 10.3 Å². The number of phenols is 1. The molecule has 2 fully saturated rings. The molecule has 2 aromatic heterocycles. The maximum atomic E-state index is 13.4. The lowest BCUT2D eigenvalue weighted by molar-refractivity contribution is -0.881. The topological polar surface area (TPSA) is 93.6 Å². The Bertz CT molecular complexity index is 1500. The van der Waals surface area contributed by atoms with E-state index >= 15 is 0 Å². The zero-order chi connectivity index (χ0) is 26.3. The van der Waals surface area contributed by atoms with Gasteiger partial charge in [0.2, 0.25) is 5.88 Å². The van der Waals surface area contributed by atoms with Crippen molar-refractivity contribution in [3.63, 3.8) is 0 Å². The number of nitrogens with zero attached hydrogens (tertiary/aromatic N) is 4. The first kappa shape index (κ1) is 25.1. The van der Waals surface area contributed by atoms with Gasteiger partial charge in [-0.3, -0.25) is 4.90 Å². The smallest absolute Gasteiger partial charge is 0.213 e. The Kier molecular flexibility index (Phi) is 6.74. The van der Waals surface area contributed by atoms with Crippen LogP contribution in [0.5, 0.6) is 11.6 Å². The number of halogens is 1. The molecule has 2 aromatic carbocycles. The summed E-state index contributed by atoms with van der Waals surface area (Å²) in [6, 6.07) is 13.2. The number of hydrogen-bond donors (Lipinski definition) is 2. The first-order valence-electron chi connectivity index (χ1n) is 13.3. The lowest BCUT2D eigenvalue weighted by Crippen LogP contribution is -2.37. The first-order chi connectivity index (χ1) is 18.4. The van der Waals surface area contributed by atoms with E-state index in [0.717, 1.165) is 66.6 Å². The highest BCUT2D eigenvalue weighted by atomic mass is 35.5. The van der Waals surface area contributed by atoms with Crippen molar-refractivity contribution in [3.8, 4) is 11.6 Å². The minimum atomic E-state index is -0.293. The Morgan fingerprint density at radius 1 is 1.00 bits per heavy atom. The summed E-state index contributed by atoms with van der Waals surface area (Å²) in [6.07, 6.45) is 4.18. The van der Waals surface area contributed by atoms with Crippen molar-refractivity contribution < 1.29 is 14.5 Å². The number of phenolic OH excluding ortho intramolecular Hbond substituents is 1. The number of anilines is 2. The summed E-state index contributed by atoms with van der Waals surface area (Å²) in [5, 5.41) is 29.7. The third kappa shape index (κ3) is 4.97. The molecule has 0 bridgehead atoms. The average Bonchev–Trinajstić information content (AvgIpc) is 3.58. The molecular formula is C29H32ClN5O3. The van der Waals surface area contributed by atoms with Crippen LogP contribution in [0.4, 0.5) is 11.4 Å². The monoisotopic (exact) mass is 533 g/mol. The van der Waals surface area contributed by atoms with Crippen LogP contribution in [0.3, 0.4) is 0 Å². The van der Waals surface area contributed by atoms with E-state index in [1.807, 2.05) is 36.4 Å². The summed E-state index contributed by atoms with van der Waals surface area (Å²) in [5.41, 5.74) is 5.20. The van der Waals surface area contributed by atoms with Crippen molar-refractivity contribution in [2.24, 2.45) is 0 Å². The minimum Gasteiger partial charge on any atom is -0.633 e. The van der Waals surface area contributed by atoms with Crippen LogP contribution in [0.2, 0.25) is 5.02 Å². The SMILES string of the molecule is COc1ccc2nc3cc(Cl)ccc3c(Nc3cc(CN4CCCC4)c(O)c(C[N+]4([O-])CCCC4)c3)c2n1. The molecule has 0 spiro atoms. The van der Waals surface area contributed by atoms with Gasteiger partial charge in [-0.25, -0.2) is 9.97 Å². The fourth-order valence-corrected chi connectivity index (χ4v) is 5.96. The Hall–Kier alpha value is -3.17. The van der Waals surface area contributed by atoms with Crippen molar-refractivity contribution in [1.82, 2.24) is 14.9 Å². The number of fused-ring (bicyclic) bond motifs is 2. The van der Waals surface area contributed by atoms with Gasteiger partial charge in [-0.1, -0.05) is 11.6 Å². The normalized spacial score (nSPS) is 17.4. The van der Waals surface area contributed by atoms with Gasteiger partial charge in [0.25, 0.3) is 0 Å². The van der Waals surface area contributed by atoms with E-state index in [1.165, 1.54) is 0 Å². The molecule has 0 radical (unpaired) electrons. The summed E-state index contributed by atoms with van der Waals surface area (Å²) >= 11 is 6.30. The van der Waals surface area contributed by atoms with Gasteiger partial charge in [0.1, 0.15) is 17.8 Å². The molecule has 2 saturated heterocycles. The van der Waals surface area contributed by atoms with Gasteiger partial charge in [0.05, 0.1) is 42.5 Å². The van der Waals surface area contributed by atoms with E-state index in [2.05, 4.69) is 10.2 Å². The lowest BCUT2D eigenvalue weighted by Gasteiger charge is -2.38. The molecule has 2 aliphatic rings. The number of nitrogens with one attached hydrogen (secondary N) is 1. The standard InChI is InChI=1S/C29H32ClN5O3/c1-38-26-9-8-24-28(33-26)27(23-7-6-21(30)16-25(23)32-24)31-22-14-19(17-34-10-2-3-11-34)29(36)20(15-22)18-35(37)12-4-5-13-35/h6-9,14-16,36H,2-5,10-13,17-18H2,1H3,(H,31,32). The van der Waals surface area contributed by atoms with Crippen LogP contribution in [0.1, 0.15) is 36.8 Å². The van der Waals surface area contributed by atoms with E-state index in [-0.39, 0.29) is 16.9 Å². The van der Waals surface area contributed by atoms with Gasteiger partial charge in [-0.15, -0.1) is 0 Å². The molecule has 2 aliphatic heterocycles. The third-order valence-corrected chi connectivity index (χ3v) is 7.97. The lowest BCUT2D eigenvalue weighted by atomic mass is 10.0. The van der Waals surface area contributed by atoms with Crippen molar-refractivity contribution >= 4 is 44.9 Å². The first-order valence-corrected chi connectivity index (χ1v) is 13.6. The van der Waals surface area contributed by atoms with Crippen LogP contribution in [0.15, 0.2) is 42.5 Å². The van der Waals surface area contributed by atoms with Crippen molar-refractivity contribution in [1.29, 1.82) is 0 Å². The second-order valence-corrected chi connectivity index (χ2v) is 10.9. The number of methoxy groups -OCH3 is 1. The zero-order valence-corrected chi connectivity index (χ0v) is 22.3. The second-order valence-electron chi connectivity index (χ2n) is 10.5. The van der Waals surface area contributed by atoms with Gasteiger partial charge in [-0.05, 0) is 62.3 Å². The molecule has 4 aromatic rings. The molecule has 38 heavy (non-hydrogen) atoms.